The molecule has 0 saturated heterocycles. The van der Waals surface area contributed by atoms with E-state index in [1.54, 1.807) is 32.0 Å². The first kappa shape index (κ1) is 19.2. The molecule has 152 valence electrons. The van der Waals surface area contributed by atoms with Gasteiger partial charge in [-0.1, -0.05) is 12.5 Å². The van der Waals surface area contributed by atoms with Crippen molar-refractivity contribution in [2.24, 2.45) is 5.41 Å². The highest BCUT2D eigenvalue weighted by atomic mass is 19.4. The van der Waals surface area contributed by atoms with Crippen molar-refractivity contribution in [1.29, 1.82) is 0 Å². The molecular formula is C20H24F3N3O2. The van der Waals surface area contributed by atoms with Crippen molar-refractivity contribution in [2.75, 3.05) is 5.32 Å². The van der Waals surface area contributed by atoms with Crippen LogP contribution < -0.4 is 5.32 Å². The molecular weight excluding hydrogens is 371 g/mol. The second-order valence-electron chi connectivity index (χ2n) is 8.54. The molecule has 1 aromatic heterocycles. The van der Waals surface area contributed by atoms with Gasteiger partial charge in [-0.25, -0.2) is 4.98 Å². The Balaban J connectivity index is 1.75. The monoisotopic (exact) mass is 395 g/mol. The van der Waals surface area contributed by atoms with Crippen molar-refractivity contribution in [3.05, 3.63) is 23.8 Å². The molecule has 0 atom stereocenters. The molecule has 0 radical (unpaired) electrons. The van der Waals surface area contributed by atoms with Gasteiger partial charge in [0.1, 0.15) is 5.41 Å². The molecule has 2 N–H and O–H groups in total. The van der Waals surface area contributed by atoms with Crippen LogP contribution >= 0.6 is 0 Å². The van der Waals surface area contributed by atoms with Crippen LogP contribution in [0, 0.1) is 5.41 Å². The van der Waals surface area contributed by atoms with Crippen molar-refractivity contribution in [3.8, 4) is 0 Å². The standard InChI is InChI=1S/C20H24F3N3O2/c1-18(2,28)12-7-8-14-15(11-12)26(13-5-3-6-13)17(24-14)25-16(27)19(9-4-10-19)20(21,22)23/h7-8,11,13,28H,3-6,9-10H2,1-2H3,(H,24,25,27). The van der Waals surface area contributed by atoms with Crippen molar-refractivity contribution in [2.45, 2.75) is 70.2 Å². The third kappa shape index (κ3) is 2.89. The van der Waals surface area contributed by atoms with Crippen LogP contribution in [0.5, 0.6) is 0 Å². The molecule has 2 saturated carbocycles. The number of fused-ring (bicyclic) bond motifs is 1. The van der Waals surface area contributed by atoms with Gasteiger partial charge in [-0.2, -0.15) is 13.2 Å². The fourth-order valence-electron chi connectivity index (χ4n) is 3.97. The summed E-state index contributed by atoms with van der Waals surface area (Å²) in [7, 11) is 0. The van der Waals surface area contributed by atoms with Crippen LogP contribution in [0.4, 0.5) is 19.1 Å². The van der Waals surface area contributed by atoms with Gasteiger partial charge in [0.2, 0.25) is 11.9 Å². The van der Waals surface area contributed by atoms with Crippen LogP contribution in [-0.2, 0) is 10.4 Å². The van der Waals surface area contributed by atoms with Crippen molar-refractivity contribution >= 4 is 22.9 Å². The van der Waals surface area contributed by atoms with Gasteiger partial charge < -0.3 is 9.67 Å². The molecule has 0 bridgehead atoms. The van der Waals surface area contributed by atoms with Gasteiger partial charge in [-0.05, 0) is 63.6 Å². The number of carbonyl (C=O) groups is 1. The second-order valence-corrected chi connectivity index (χ2v) is 8.54. The van der Waals surface area contributed by atoms with Crippen LogP contribution in [-0.4, -0.2) is 26.7 Å². The third-order valence-corrected chi connectivity index (χ3v) is 6.25. The van der Waals surface area contributed by atoms with Gasteiger partial charge in [-0.3, -0.25) is 10.1 Å². The minimum atomic E-state index is -4.57. The summed E-state index contributed by atoms with van der Waals surface area (Å²) in [5.74, 6) is -0.863. The average molecular weight is 395 g/mol. The molecule has 28 heavy (non-hydrogen) atoms. The van der Waals surface area contributed by atoms with Crippen molar-refractivity contribution in [1.82, 2.24) is 9.55 Å². The first-order chi connectivity index (χ1) is 13.0. The van der Waals surface area contributed by atoms with Crippen LogP contribution in [0.25, 0.3) is 11.0 Å². The SMILES string of the molecule is CC(C)(O)c1ccc2nc(NC(=O)C3(C(F)(F)F)CCC3)n(C3CCC3)c2c1. The minimum Gasteiger partial charge on any atom is -0.386 e. The topological polar surface area (TPSA) is 67.2 Å². The molecule has 1 aromatic carbocycles. The largest absolute Gasteiger partial charge is 0.403 e. The normalized spacial score (nSPS) is 19.9. The maximum Gasteiger partial charge on any atom is 0.403 e. The van der Waals surface area contributed by atoms with Gasteiger partial charge in [0.25, 0.3) is 0 Å². The molecule has 2 fully saturated rings. The zero-order valence-corrected chi connectivity index (χ0v) is 15.9. The summed E-state index contributed by atoms with van der Waals surface area (Å²) < 4.78 is 42.4. The highest BCUT2D eigenvalue weighted by molar-refractivity contribution is 5.97. The van der Waals surface area contributed by atoms with E-state index in [4.69, 9.17) is 0 Å². The van der Waals surface area contributed by atoms with Gasteiger partial charge in [0, 0.05) is 6.04 Å². The Morgan fingerprint density at radius 2 is 1.93 bits per heavy atom. The maximum absolute atomic E-state index is 13.5. The van der Waals surface area contributed by atoms with Gasteiger partial charge >= 0.3 is 6.18 Å². The lowest BCUT2D eigenvalue weighted by molar-refractivity contribution is -0.240. The van der Waals surface area contributed by atoms with E-state index >= 15 is 0 Å². The maximum atomic E-state index is 13.5. The summed E-state index contributed by atoms with van der Waals surface area (Å²) in [5.41, 5.74) is -1.38. The molecule has 8 heteroatoms. The number of benzene rings is 1. The number of halogens is 3. The molecule has 4 rings (SSSR count). The molecule has 2 aromatic rings. The van der Waals surface area contributed by atoms with E-state index in [0.29, 0.717) is 23.0 Å². The van der Waals surface area contributed by atoms with Crippen LogP contribution in [0.3, 0.4) is 0 Å². The number of imidazole rings is 1. The molecule has 0 aliphatic heterocycles. The lowest BCUT2D eigenvalue weighted by atomic mass is 9.67. The Kier molecular flexibility index (Phi) is 4.26. The summed E-state index contributed by atoms with van der Waals surface area (Å²) in [4.78, 5) is 17.0. The quantitative estimate of drug-likeness (QED) is 0.791. The van der Waals surface area contributed by atoms with E-state index in [1.807, 2.05) is 4.57 Å². The Hall–Kier alpha value is -2.09. The minimum absolute atomic E-state index is 0.0839. The number of aromatic nitrogens is 2. The number of nitrogens with zero attached hydrogens (tertiary/aromatic N) is 2. The first-order valence-electron chi connectivity index (χ1n) is 9.66. The zero-order chi connectivity index (χ0) is 20.3. The lowest BCUT2D eigenvalue weighted by Crippen LogP contribution is -2.53. The van der Waals surface area contributed by atoms with Crippen molar-refractivity contribution < 1.29 is 23.1 Å². The number of alkyl halides is 3. The molecule has 0 unspecified atom stereocenters. The van der Waals surface area contributed by atoms with Gasteiger partial charge in [0.15, 0.2) is 0 Å². The molecule has 0 spiro atoms. The van der Waals surface area contributed by atoms with Crippen LogP contribution in [0.15, 0.2) is 18.2 Å². The van der Waals surface area contributed by atoms with E-state index < -0.39 is 23.1 Å². The Labute approximate surface area is 160 Å². The molecule has 2 aliphatic carbocycles. The molecule has 1 amide bonds. The number of nitrogens with one attached hydrogen (secondary N) is 1. The van der Waals surface area contributed by atoms with E-state index in [9.17, 15) is 23.1 Å². The third-order valence-electron chi connectivity index (χ3n) is 6.25. The number of aliphatic hydroxyl groups is 1. The van der Waals surface area contributed by atoms with E-state index in [0.717, 1.165) is 19.3 Å². The lowest BCUT2D eigenvalue weighted by Gasteiger charge is -2.41. The second kappa shape index (κ2) is 6.20. The number of hydrogen-bond donors (Lipinski definition) is 2. The Bertz CT molecular complexity index is 919. The summed E-state index contributed by atoms with van der Waals surface area (Å²) in [6, 6.07) is 5.37. The predicted molar refractivity (Wildman–Crippen MR) is 98.8 cm³/mol. The van der Waals surface area contributed by atoms with Gasteiger partial charge in [-0.15, -0.1) is 0 Å². The fraction of sp³-hybridized carbons (Fsp3) is 0.600. The van der Waals surface area contributed by atoms with E-state index in [1.165, 1.54) is 0 Å². The number of carbonyl (C=O) groups excluding carboxylic acids is 1. The van der Waals surface area contributed by atoms with E-state index in [-0.39, 0.29) is 24.8 Å². The van der Waals surface area contributed by atoms with Crippen LogP contribution in [0.2, 0.25) is 0 Å². The number of amides is 1. The summed E-state index contributed by atoms with van der Waals surface area (Å²) in [6.45, 7) is 3.34. The molecule has 5 nitrogen and oxygen atoms in total. The highest BCUT2D eigenvalue weighted by Crippen LogP contribution is 2.53. The average Bonchev–Trinajstić information content (AvgIpc) is 2.79. The first-order valence-corrected chi connectivity index (χ1v) is 9.66. The summed E-state index contributed by atoms with van der Waals surface area (Å²) in [5, 5.41) is 12.8. The number of anilines is 1. The highest BCUT2D eigenvalue weighted by Gasteiger charge is 2.63. The summed E-state index contributed by atoms with van der Waals surface area (Å²) >= 11 is 0. The van der Waals surface area contributed by atoms with Crippen molar-refractivity contribution in [3.63, 3.8) is 0 Å². The van der Waals surface area contributed by atoms with Gasteiger partial charge in [0.05, 0.1) is 16.6 Å². The smallest absolute Gasteiger partial charge is 0.386 e. The van der Waals surface area contributed by atoms with E-state index in [2.05, 4.69) is 10.3 Å². The predicted octanol–water partition coefficient (Wildman–Crippen LogP) is 4.66. The Morgan fingerprint density at radius 1 is 1.25 bits per heavy atom. The fourth-order valence-corrected chi connectivity index (χ4v) is 3.97. The number of hydrogen-bond acceptors (Lipinski definition) is 3. The molecule has 2 aliphatic rings. The zero-order valence-electron chi connectivity index (χ0n) is 15.9. The Morgan fingerprint density at radius 3 is 2.39 bits per heavy atom. The van der Waals surface area contributed by atoms with Crippen LogP contribution in [0.1, 0.15) is 64.0 Å². The molecule has 1 heterocycles. The number of rotatable bonds is 4. The summed E-state index contributed by atoms with van der Waals surface area (Å²) in [6.07, 6.45) is -1.77.